The third-order valence-electron chi connectivity index (χ3n) is 4.93. The van der Waals surface area contributed by atoms with Gasteiger partial charge in [-0.25, -0.2) is 9.78 Å². The van der Waals surface area contributed by atoms with Crippen molar-refractivity contribution in [2.45, 2.75) is 33.3 Å². The van der Waals surface area contributed by atoms with E-state index in [9.17, 15) is 9.59 Å². The molecule has 0 saturated carbocycles. The molecule has 0 amide bonds. The number of carbonyl (C=O) groups is 1. The Kier molecular flexibility index (Phi) is 5.91. The molecule has 0 fully saturated rings. The van der Waals surface area contributed by atoms with Crippen molar-refractivity contribution in [2.75, 3.05) is 0 Å². The molecule has 7 heteroatoms. The highest BCUT2D eigenvalue weighted by Gasteiger charge is 2.13. The SMILES string of the molecule is Cc1ccc(-c2cnc(CCC(=O)OCc3cc(=O)oc4cc(C)c(Cl)cc34)o2)cc1. The third-order valence-corrected chi connectivity index (χ3v) is 5.34. The summed E-state index contributed by atoms with van der Waals surface area (Å²) in [6, 6.07) is 12.6. The molecule has 31 heavy (non-hydrogen) atoms. The van der Waals surface area contributed by atoms with Crippen LogP contribution in [0.4, 0.5) is 0 Å². The average Bonchev–Trinajstić information content (AvgIpc) is 3.21. The second-order valence-corrected chi connectivity index (χ2v) is 7.74. The number of aromatic nitrogens is 1. The first-order valence-corrected chi connectivity index (χ1v) is 10.2. The molecule has 0 atom stereocenters. The lowest BCUT2D eigenvalue weighted by Gasteiger charge is -2.08. The fourth-order valence-corrected chi connectivity index (χ4v) is 3.35. The van der Waals surface area contributed by atoms with Crippen LogP contribution in [0.15, 0.2) is 62.3 Å². The molecular weight excluding hydrogens is 418 g/mol. The molecule has 4 aromatic rings. The smallest absolute Gasteiger partial charge is 0.336 e. The Balaban J connectivity index is 1.39. The van der Waals surface area contributed by atoms with E-state index in [0.717, 1.165) is 16.7 Å². The molecule has 0 aliphatic carbocycles. The van der Waals surface area contributed by atoms with Crippen LogP contribution in [0.25, 0.3) is 22.3 Å². The molecular formula is C24H20ClNO5. The van der Waals surface area contributed by atoms with Crippen molar-refractivity contribution < 1.29 is 18.4 Å². The molecule has 2 aromatic heterocycles. The summed E-state index contributed by atoms with van der Waals surface area (Å²) in [5.74, 6) is 0.688. The van der Waals surface area contributed by atoms with E-state index >= 15 is 0 Å². The van der Waals surface area contributed by atoms with Crippen LogP contribution < -0.4 is 5.63 Å². The quantitative estimate of drug-likeness (QED) is 0.297. The van der Waals surface area contributed by atoms with E-state index in [1.54, 1.807) is 18.3 Å². The maximum Gasteiger partial charge on any atom is 0.336 e. The maximum absolute atomic E-state index is 12.2. The molecule has 2 heterocycles. The van der Waals surface area contributed by atoms with Gasteiger partial charge in [-0.3, -0.25) is 4.79 Å². The van der Waals surface area contributed by atoms with E-state index in [0.29, 0.717) is 39.6 Å². The van der Waals surface area contributed by atoms with Gasteiger partial charge in [0.2, 0.25) is 0 Å². The molecule has 0 aliphatic rings. The number of rotatable bonds is 6. The largest absolute Gasteiger partial charge is 0.461 e. The summed E-state index contributed by atoms with van der Waals surface area (Å²) in [5.41, 5.74) is 3.32. The van der Waals surface area contributed by atoms with Crippen LogP contribution in [0.5, 0.6) is 0 Å². The number of hydrogen-bond acceptors (Lipinski definition) is 6. The predicted octanol–water partition coefficient (Wildman–Crippen LogP) is 5.39. The predicted molar refractivity (Wildman–Crippen MR) is 117 cm³/mol. The van der Waals surface area contributed by atoms with Gasteiger partial charge in [-0.05, 0) is 31.5 Å². The first kappa shape index (κ1) is 20.9. The molecule has 158 valence electrons. The first-order chi connectivity index (χ1) is 14.9. The molecule has 6 nitrogen and oxygen atoms in total. The van der Waals surface area contributed by atoms with Crippen LogP contribution >= 0.6 is 11.6 Å². The van der Waals surface area contributed by atoms with Gasteiger partial charge < -0.3 is 13.6 Å². The lowest BCUT2D eigenvalue weighted by molar-refractivity contribution is -0.144. The molecule has 0 saturated heterocycles. The summed E-state index contributed by atoms with van der Waals surface area (Å²) in [5, 5.41) is 1.18. The number of hydrogen-bond donors (Lipinski definition) is 0. The average molecular weight is 438 g/mol. The summed E-state index contributed by atoms with van der Waals surface area (Å²) in [4.78, 5) is 28.3. The minimum atomic E-state index is -0.510. The van der Waals surface area contributed by atoms with Gasteiger partial charge in [0.15, 0.2) is 11.7 Å². The van der Waals surface area contributed by atoms with Crippen LogP contribution in [0.1, 0.15) is 29.0 Å². The van der Waals surface area contributed by atoms with Crippen LogP contribution in [-0.4, -0.2) is 11.0 Å². The number of carbonyl (C=O) groups excluding carboxylic acids is 1. The van der Waals surface area contributed by atoms with Gasteiger partial charge in [-0.2, -0.15) is 0 Å². The second-order valence-electron chi connectivity index (χ2n) is 7.33. The van der Waals surface area contributed by atoms with Crippen molar-refractivity contribution in [2.24, 2.45) is 0 Å². The first-order valence-electron chi connectivity index (χ1n) is 9.79. The molecule has 0 spiro atoms. The van der Waals surface area contributed by atoms with Gasteiger partial charge in [-0.15, -0.1) is 0 Å². The fourth-order valence-electron chi connectivity index (χ4n) is 3.18. The normalized spacial score (nSPS) is 11.1. The van der Waals surface area contributed by atoms with Gasteiger partial charge in [0.05, 0.1) is 12.6 Å². The molecule has 0 bridgehead atoms. The minimum absolute atomic E-state index is 0.0550. The van der Waals surface area contributed by atoms with Gasteiger partial charge in [0.25, 0.3) is 0 Å². The monoisotopic (exact) mass is 437 g/mol. The Morgan fingerprint density at radius 2 is 1.87 bits per heavy atom. The zero-order valence-corrected chi connectivity index (χ0v) is 17.9. The minimum Gasteiger partial charge on any atom is -0.461 e. The zero-order valence-electron chi connectivity index (χ0n) is 17.1. The van der Waals surface area contributed by atoms with Gasteiger partial charge >= 0.3 is 11.6 Å². The van der Waals surface area contributed by atoms with Crippen molar-refractivity contribution in [3.63, 3.8) is 0 Å². The van der Waals surface area contributed by atoms with Crippen LogP contribution in [0.2, 0.25) is 5.02 Å². The van der Waals surface area contributed by atoms with E-state index in [1.165, 1.54) is 6.07 Å². The number of nitrogens with zero attached hydrogens (tertiary/aromatic N) is 1. The van der Waals surface area contributed by atoms with E-state index in [4.69, 9.17) is 25.2 Å². The van der Waals surface area contributed by atoms with E-state index in [-0.39, 0.29) is 13.0 Å². The number of ether oxygens (including phenoxy) is 1. The maximum atomic E-state index is 12.2. The standard InChI is InChI=1S/C24H20ClNO5/c1-14-3-5-16(6-4-14)21-12-26-22(30-21)7-8-23(27)29-13-17-10-24(28)31-20-9-15(2)19(25)11-18(17)20/h3-6,9-12H,7-8,13H2,1-2H3. The fraction of sp³-hybridized carbons (Fsp3) is 0.208. The summed E-state index contributed by atoms with van der Waals surface area (Å²) in [6.45, 7) is 3.78. The number of esters is 1. The number of fused-ring (bicyclic) bond motifs is 1. The van der Waals surface area contributed by atoms with Crippen LogP contribution in [-0.2, 0) is 22.6 Å². The highest BCUT2D eigenvalue weighted by molar-refractivity contribution is 6.32. The van der Waals surface area contributed by atoms with E-state index in [2.05, 4.69) is 4.98 Å². The molecule has 0 aliphatic heterocycles. The Morgan fingerprint density at radius 3 is 2.65 bits per heavy atom. The van der Waals surface area contributed by atoms with Gasteiger partial charge in [0, 0.05) is 34.0 Å². The summed E-state index contributed by atoms with van der Waals surface area (Å²) in [6.07, 6.45) is 2.06. The summed E-state index contributed by atoms with van der Waals surface area (Å²) in [7, 11) is 0. The van der Waals surface area contributed by atoms with Crippen molar-refractivity contribution in [1.82, 2.24) is 4.98 Å². The number of oxazole rings is 1. The Hall–Kier alpha value is -3.38. The highest BCUT2D eigenvalue weighted by atomic mass is 35.5. The summed E-state index contributed by atoms with van der Waals surface area (Å²) < 4.78 is 16.3. The molecule has 4 rings (SSSR count). The number of aryl methyl sites for hydroxylation is 3. The second kappa shape index (κ2) is 8.78. The molecule has 0 unspecified atom stereocenters. The number of halogens is 1. The van der Waals surface area contributed by atoms with Crippen LogP contribution in [0.3, 0.4) is 0 Å². The van der Waals surface area contributed by atoms with Gasteiger partial charge in [-0.1, -0.05) is 41.4 Å². The van der Waals surface area contributed by atoms with Gasteiger partial charge in [0.1, 0.15) is 12.2 Å². The molecule has 2 aromatic carbocycles. The summed E-state index contributed by atoms with van der Waals surface area (Å²) >= 11 is 6.19. The molecule has 0 radical (unpaired) electrons. The lowest BCUT2D eigenvalue weighted by atomic mass is 10.1. The van der Waals surface area contributed by atoms with E-state index < -0.39 is 11.6 Å². The lowest BCUT2D eigenvalue weighted by Crippen LogP contribution is -2.08. The Morgan fingerprint density at radius 1 is 1.10 bits per heavy atom. The Labute approximate surface area is 183 Å². The highest BCUT2D eigenvalue weighted by Crippen LogP contribution is 2.26. The van der Waals surface area contributed by atoms with Crippen molar-refractivity contribution in [3.05, 3.63) is 86.7 Å². The third kappa shape index (κ3) is 4.86. The molecule has 0 N–H and O–H groups in total. The zero-order chi connectivity index (χ0) is 22.0. The van der Waals surface area contributed by atoms with Crippen molar-refractivity contribution in [3.8, 4) is 11.3 Å². The topological polar surface area (TPSA) is 82.5 Å². The Bertz CT molecular complexity index is 1300. The van der Waals surface area contributed by atoms with Crippen LogP contribution in [0, 0.1) is 13.8 Å². The van der Waals surface area contributed by atoms with Crippen molar-refractivity contribution in [1.29, 1.82) is 0 Å². The van der Waals surface area contributed by atoms with E-state index in [1.807, 2.05) is 38.1 Å². The number of benzene rings is 2. The van der Waals surface area contributed by atoms with Crippen molar-refractivity contribution >= 4 is 28.5 Å².